The van der Waals surface area contributed by atoms with Crippen molar-refractivity contribution in [3.8, 4) is 11.8 Å². The van der Waals surface area contributed by atoms with E-state index in [0.717, 1.165) is 5.92 Å². The first kappa shape index (κ1) is 10.6. The molecule has 1 fully saturated rings. The van der Waals surface area contributed by atoms with Crippen LogP contribution in [0.4, 0.5) is 0 Å². The van der Waals surface area contributed by atoms with Crippen LogP contribution in [0, 0.1) is 23.2 Å². The molecule has 0 radical (unpaired) electrons. The fourth-order valence-electron chi connectivity index (χ4n) is 2.47. The van der Waals surface area contributed by atoms with Crippen LogP contribution in [-0.4, -0.2) is 0 Å². The molecule has 0 aliphatic heterocycles. The van der Waals surface area contributed by atoms with Gasteiger partial charge in [-0.1, -0.05) is 26.2 Å². The second kappa shape index (κ2) is 4.70. The topological polar surface area (TPSA) is 0 Å². The summed E-state index contributed by atoms with van der Waals surface area (Å²) in [5, 5.41) is 0. The standard InChI is InChI=1S/C13H22/c1-4-9-13(6-3)10-7-12(5-2)8-11-13/h12H,5-8,10-11H2,1-3H3. The molecule has 0 heterocycles. The van der Waals surface area contributed by atoms with Gasteiger partial charge in [0.2, 0.25) is 0 Å². The maximum absolute atomic E-state index is 3.44. The van der Waals surface area contributed by atoms with Gasteiger partial charge in [0, 0.05) is 5.41 Å². The van der Waals surface area contributed by atoms with Crippen molar-refractivity contribution in [3.05, 3.63) is 0 Å². The van der Waals surface area contributed by atoms with Crippen LogP contribution in [0.2, 0.25) is 0 Å². The Bertz CT molecular complexity index is 196. The first-order valence-corrected chi connectivity index (χ1v) is 5.70. The molecule has 74 valence electrons. The summed E-state index contributed by atoms with van der Waals surface area (Å²) < 4.78 is 0. The van der Waals surface area contributed by atoms with E-state index in [1.807, 2.05) is 6.92 Å². The molecule has 0 aromatic heterocycles. The Morgan fingerprint density at radius 2 is 1.85 bits per heavy atom. The summed E-state index contributed by atoms with van der Waals surface area (Å²) in [7, 11) is 0. The summed E-state index contributed by atoms with van der Waals surface area (Å²) in [6, 6.07) is 0. The zero-order valence-electron chi connectivity index (χ0n) is 9.32. The Morgan fingerprint density at radius 3 is 2.23 bits per heavy atom. The zero-order valence-corrected chi connectivity index (χ0v) is 9.32. The molecule has 1 aliphatic rings. The van der Waals surface area contributed by atoms with Gasteiger partial charge in [-0.2, -0.15) is 0 Å². The van der Waals surface area contributed by atoms with Crippen molar-refractivity contribution in [3.63, 3.8) is 0 Å². The van der Waals surface area contributed by atoms with E-state index in [1.165, 1.54) is 38.5 Å². The minimum absolute atomic E-state index is 0.389. The molecule has 0 unspecified atom stereocenters. The van der Waals surface area contributed by atoms with E-state index in [-0.39, 0.29) is 0 Å². The van der Waals surface area contributed by atoms with Crippen molar-refractivity contribution in [2.45, 2.75) is 59.3 Å². The predicted molar refractivity (Wildman–Crippen MR) is 58.4 cm³/mol. The molecule has 0 amide bonds. The molecule has 0 N–H and O–H groups in total. The normalized spacial score (nSPS) is 33.6. The van der Waals surface area contributed by atoms with Crippen LogP contribution < -0.4 is 0 Å². The third kappa shape index (κ3) is 2.50. The van der Waals surface area contributed by atoms with Gasteiger partial charge in [-0.3, -0.25) is 0 Å². The molecule has 0 bridgehead atoms. The van der Waals surface area contributed by atoms with E-state index in [9.17, 15) is 0 Å². The SMILES string of the molecule is CC#CC1(CC)CCC(CC)CC1. The Hall–Kier alpha value is -0.440. The van der Waals surface area contributed by atoms with E-state index in [4.69, 9.17) is 0 Å². The quantitative estimate of drug-likeness (QED) is 0.560. The summed E-state index contributed by atoms with van der Waals surface area (Å²) in [5.41, 5.74) is 0.389. The molecule has 0 aromatic carbocycles. The van der Waals surface area contributed by atoms with Crippen LogP contribution in [0.1, 0.15) is 59.3 Å². The van der Waals surface area contributed by atoms with Crippen LogP contribution >= 0.6 is 0 Å². The highest BCUT2D eigenvalue weighted by Gasteiger charge is 2.31. The van der Waals surface area contributed by atoms with E-state index in [1.54, 1.807) is 0 Å². The number of hydrogen-bond acceptors (Lipinski definition) is 0. The van der Waals surface area contributed by atoms with E-state index in [0.29, 0.717) is 5.41 Å². The lowest BCUT2D eigenvalue weighted by Gasteiger charge is -2.35. The lowest BCUT2D eigenvalue weighted by atomic mass is 9.69. The summed E-state index contributed by atoms with van der Waals surface area (Å²) in [5.74, 6) is 7.54. The second-order valence-electron chi connectivity index (χ2n) is 4.36. The van der Waals surface area contributed by atoms with Crippen LogP contribution in [-0.2, 0) is 0 Å². The average molecular weight is 178 g/mol. The monoisotopic (exact) mass is 178 g/mol. The molecule has 0 spiro atoms. The molecule has 1 aliphatic carbocycles. The van der Waals surface area contributed by atoms with Crippen molar-refractivity contribution in [2.24, 2.45) is 11.3 Å². The van der Waals surface area contributed by atoms with Crippen molar-refractivity contribution in [2.75, 3.05) is 0 Å². The molecule has 0 heteroatoms. The van der Waals surface area contributed by atoms with Crippen LogP contribution in [0.25, 0.3) is 0 Å². The Labute approximate surface area is 83.1 Å². The Balaban J connectivity index is 2.56. The molecule has 0 aromatic rings. The largest absolute Gasteiger partial charge is 0.106 e. The third-order valence-electron chi connectivity index (χ3n) is 3.71. The number of hydrogen-bond donors (Lipinski definition) is 0. The smallest absolute Gasteiger partial charge is 0.0312 e. The first-order valence-electron chi connectivity index (χ1n) is 5.70. The number of rotatable bonds is 2. The lowest BCUT2D eigenvalue weighted by Crippen LogP contribution is -2.25. The van der Waals surface area contributed by atoms with E-state index in [2.05, 4.69) is 25.7 Å². The molecule has 0 nitrogen and oxygen atoms in total. The fourth-order valence-corrected chi connectivity index (χ4v) is 2.47. The van der Waals surface area contributed by atoms with Gasteiger partial charge in [0.25, 0.3) is 0 Å². The molecule has 0 saturated heterocycles. The minimum Gasteiger partial charge on any atom is -0.106 e. The summed E-state index contributed by atoms with van der Waals surface area (Å²) in [6.45, 7) is 6.58. The highest BCUT2D eigenvalue weighted by atomic mass is 14.3. The van der Waals surface area contributed by atoms with Gasteiger partial charge in [0.05, 0.1) is 0 Å². The Morgan fingerprint density at radius 1 is 1.23 bits per heavy atom. The summed E-state index contributed by atoms with van der Waals surface area (Å²) >= 11 is 0. The highest BCUT2D eigenvalue weighted by molar-refractivity contribution is 5.11. The highest BCUT2D eigenvalue weighted by Crippen LogP contribution is 2.41. The van der Waals surface area contributed by atoms with Gasteiger partial charge in [-0.25, -0.2) is 0 Å². The second-order valence-corrected chi connectivity index (χ2v) is 4.36. The van der Waals surface area contributed by atoms with E-state index < -0.39 is 0 Å². The van der Waals surface area contributed by atoms with Gasteiger partial charge in [0.1, 0.15) is 0 Å². The molecular formula is C13H22. The van der Waals surface area contributed by atoms with Crippen molar-refractivity contribution in [1.29, 1.82) is 0 Å². The Kier molecular flexibility index (Phi) is 3.85. The molecule has 13 heavy (non-hydrogen) atoms. The summed E-state index contributed by atoms with van der Waals surface area (Å²) in [4.78, 5) is 0. The van der Waals surface area contributed by atoms with Crippen LogP contribution in [0.5, 0.6) is 0 Å². The van der Waals surface area contributed by atoms with Crippen LogP contribution in [0.3, 0.4) is 0 Å². The van der Waals surface area contributed by atoms with Gasteiger partial charge in [-0.15, -0.1) is 5.92 Å². The van der Waals surface area contributed by atoms with Crippen molar-refractivity contribution in [1.82, 2.24) is 0 Å². The van der Waals surface area contributed by atoms with Gasteiger partial charge >= 0.3 is 0 Å². The van der Waals surface area contributed by atoms with Gasteiger partial charge < -0.3 is 0 Å². The van der Waals surface area contributed by atoms with Gasteiger partial charge in [-0.05, 0) is 44.9 Å². The first-order chi connectivity index (χ1) is 6.26. The molecular weight excluding hydrogens is 156 g/mol. The van der Waals surface area contributed by atoms with Crippen LogP contribution in [0.15, 0.2) is 0 Å². The minimum atomic E-state index is 0.389. The maximum atomic E-state index is 3.44. The zero-order chi connectivity index (χ0) is 9.73. The molecule has 1 rings (SSSR count). The maximum Gasteiger partial charge on any atom is 0.0312 e. The van der Waals surface area contributed by atoms with Crippen molar-refractivity contribution < 1.29 is 0 Å². The van der Waals surface area contributed by atoms with Crippen molar-refractivity contribution >= 4 is 0 Å². The third-order valence-corrected chi connectivity index (χ3v) is 3.71. The van der Waals surface area contributed by atoms with E-state index >= 15 is 0 Å². The average Bonchev–Trinajstić information content (AvgIpc) is 2.19. The predicted octanol–water partition coefficient (Wildman–Crippen LogP) is 4.01. The lowest BCUT2D eigenvalue weighted by molar-refractivity contribution is 0.203. The molecule has 0 atom stereocenters. The molecule has 1 saturated carbocycles. The summed E-state index contributed by atoms with van der Waals surface area (Å²) in [6.07, 6.45) is 8.08. The van der Waals surface area contributed by atoms with Gasteiger partial charge in [0.15, 0.2) is 0 Å². The fraction of sp³-hybridized carbons (Fsp3) is 0.846.